The van der Waals surface area contributed by atoms with Crippen molar-refractivity contribution in [1.29, 1.82) is 0 Å². The summed E-state index contributed by atoms with van der Waals surface area (Å²) in [5.74, 6) is 1.97. The van der Waals surface area contributed by atoms with Gasteiger partial charge in [0.05, 0.1) is 14.7 Å². The summed E-state index contributed by atoms with van der Waals surface area (Å²) in [5.41, 5.74) is 4.79. The average Bonchev–Trinajstić information content (AvgIpc) is 3.94. The number of rotatable bonds is 11. The van der Waals surface area contributed by atoms with Crippen LogP contribution in [0, 0.1) is 47.3 Å². The number of hydrogen-bond donors (Lipinski definition) is 4. The molecule has 4 aliphatic heterocycles. The normalized spacial score (nSPS) is 26.0. The van der Waals surface area contributed by atoms with E-state index in [1.54, 1.807) is 34.6 Å². The molecule has 4 rings (SSSR count). The molecule has 0 aromatic carbocycles. The Kier molecular flexibility index (Phi) is 26.7. The molecule has 0 spiro atoms. The van der Waals surface area contributed by atoms with Crippen LogP contribution in [-0.4, -0.2) is 151 Å². The van der Waals surface area contributed by atoms with Crippen LogP contribution in [0.1, 0.15) is 76.2 Å². The summed E-state index contributed by atoms with van der Waals surface area (Å²) in [5, 5.41) is 9.54. The van der Waals surface area contributed by atoms with Gasteiger partial charge in [-0.15, -0.1) is 12.4 Å². The number of ether oxygens (including phenoxy) is 1. The van der Waals surface area contributed by atoms with E-state index in [9.17, 15) is 43.2 Å². The molecule has 0 radical (unpaired) electrons. The Balaban J connectivity index is 0. The maximum absolute atomic E-state index is 11.9. The van der Waals surface area contributed by atoms with Gasteiger partial charge in [0.1, 0.15) is 51.9 Å². The molecular weight excluding hydrogens is 828 g/mol. The third kappa shape index (κ3) is 20.8. The van der Waals surface area contributed by atoms with Gasteiger partial charge in [-0.25, -0.2) is 10.7 Å². The van der Waals surface area contributed by atoms with Crippen molar-refractivity contribution in [2.24, 2.45) is 59.0 Å². The number of carbonyl (C=O) groups is 9. The van der Waals surface area contributed by atoms with Gasteiger partial charge in [0.15, 0.2) is 0 Å². The monoisotopic (exact) mass is 905 g/mol. The van der Waals surface area contributed by atoms with E-state index in [0.29, 0.717) is 45.9 Å². The lowest BCUT2D eigenvalue weighted by Crippen LogP contribution is -2.36. The first kappa shape index (κ1) is 60.0. The van der Waals surface area contributed by atoms with Crippen molar-refractivity contribution in [1.82, 2.24) is 20.0 Å². The first-order valence-corrected chi connectivity index (χ1v) is 24.3. The molecule has 8 atom stereocenters. The van der Waals surface area contributed by atoms with Crippen molar-refractivity contribution in [2.75, 3.05) is 65.2 Å². The number of carbonyl (C=O) groups excluding carboxylic acids is 9. The fraction of sp³-hybridized carbons (Fsp3) is 0.786. The van der Waals surface area contributed by atoms with Crippen LogP contribution in [0.25, 0.3) is 0 Å². The highest BCUT2D eigenvalue weighted by atomic mass is 35.5. The summed E-state index contributed by atoms with van der Waals surface area (Å²) >= 11 is 0. The smallest absolute Gasteiger partial charge is 0.410 e. The van der Waals surface area contributed by atoms with Crippen molar-refractivity contribution in [3.8, 4) is 0 Å². The van der Waals surface area contributed by atoms with Gasteiger partial charge >= 0.3 is 6.09 Å². The Morgan fingerprint density at radius 1 is 0.541 bits per heavy atom. The molecule has 0 saturated carbocycles. The first-order valence-electron chi connectivity index (χ1n) is 20.6. The lowest BCUT2D eigenvalue weighted by atomic mass is 9.90. The molecule has 0 aromatic heterocycles. The molecule has 19 heteroatoms. The Morgan fingerprint density at radius 3 is 0.967 bits per heavy atom. The van der Waals surface area contributed by atoms with Crippen molar-refractivity contribution in [3.63, 3.8) is 0 Å². The van der Waals surface area contributed by atoms with E-state index in [4.69, 9.17) is 15.7 Å². The number of nitrogens with zero attached hydrogens (tertiary/aromatic N) is 3. The largest absolute Gasteiger partial charge is 0.444 e. The van der Waals surface area contributed by atoms with Crippen LogP contribution in [0.3, 0.4) is 0 Å². The molecule has 4 fully saturated rings. The number of halogens is 1. The van der Waals surface area contributed by atoms with E-state index >= 15 is 0 Å². The standard InChI is InChI=1S/C17H26N2O4.C13H21NO4.C8H13NO2.C4H13NSi.ClH.H3NO/c1-10(20)14-5-18(6-15(14)11(2)21)9-19-7-16(12(3)22)17(8-19)13(4)23;1-8(15)10-6-14(7-11(10)9(2)16)12(17)18-13(3,4)5;1-5(10)7-3-9-4-8(7)6(2)11;1-6(2,3)4-5;;1-2/h14-17H,5-9H2,1-4H3;10-11H,6-7H2,1-5H3;7-9H,3-4H2,1-2H3;4-5H2,1-3H3;1H;2H,1H2/t14-,15-,16-,17-;10-,11-;7-,8-;;;/m111.../s1. The third-order valence-electron chi connectivity index (χ3n) is 11.2. The van der Waals surface area contributed by atoms with E-state index in [0.717, 1.165) is 6.17 Å². The molecule has 17 nitrogen and oxygen atoms in total. The molecule has 4 saturated heterocycles. The molecule has 4 aliphatic rings. The molecule has 4 heterocycles. The SMILES string of the molecule is CC(=O)[C@H]1CN(C(=O)OC(C)(C)C)C[C@@H]1C(C)=O.CC(=O)[C@H]1CN(CN2C[C@H](C(C)=O)[C@@H](C(C)=O)C2)C[C@@H]1C(C)=O.CC(=O)[C@H]1CNC[C@@H]1C(C)=O.C[Si](C)(C)CN.Cl.NO. The van der Waals surface area contributed by atoms with Crippen molar-refractivity contribution < 1.29 is 53.1 Å². The topological polar surface area (TPSA) is 257 Å². The predicted octanol–water partition coefficient (Wildman–Crippen LogP) is 2.62. The van der Waals surface area contributed by atoms with Gasteiger partial charge in [-0.3, -0.25) is 48.2 Å². The Hall–Kier alpha value is -3.10. The highest BCUT2D eigenvalue weighted by Gasteiger charge is 2.43. The zero-order valence-corrected chi connectivity index (χ0v) is 40.9. The zero-order valence-electron chi connectivity index (χ0n) is 39.1. The number of nitrogens with one attached hydrogen (secondary N) is 1. The maximum Gasteiger partial charge on any atom is 0.410 e. The Bertz CT molecular complexity index is 1400. The summed E-state index contributed by atoms with van der Waals surface area (Å²) in [4.78, 5) is 109. The van der Waals surface area contributed by atoms with Crippen LogP contribution in [-0.2, 0) is 43.1 Å². The van der Waals surface area contributed by atoms with E-state index in [2.05, 4.69) is 40.7 Å². The second-order valence-electron chi connectivity index (χ2n) is 18.8. The lowest BCUT2D eigenvalue weighted by molar-refractivity contribution is -0.128. The summed E-state index contributed by atoms with van der Waals surface area (Å²) < 4.78 is 5.24. The molecule has 0 bridgehead atoms. The molecule has 0 aliphatic carbocycles. The van der Waals surface area contributed by atoms with Gasteiger partial charge in [0, 0.05) is 99.7 Å². The molecule has 0 unspecified atom stereocenters. The average molecular weight is 906 g/mol. The highest BCUT2D eigenvalue weighted by Crippen LogP contribution is 2.30. The molecule has 1 amide bonds. The van der Waals surface area contributed by atoms with Crippen molar-refractivity contribution in [2.45, 2.75) is 101 Å². The molecule has 61 heavy (non-hydrogen) atoms. The second kappa shape index (κ2) is 27.2. The summed E-state index contributed by atoms with van der Waals surface area (Å²) in [7, 11) is -0.853. The molecule has 0 aromatic rings. The van der Waals surface area contributed by atoms with Crippen LogP contribution in [0.5, 0.6) is 0 Å². The van der Waals surface area contributed by atoms with Crippen LogP contribution >= 0.6 is 12.4 Å². The summed E-state index contributed by atoms with van der Waals surface area (Å²) in [6, 6.07) is 0. The molecular formula is C42H77ClN6O11Si. The molecule has 6 N–H and O–H groups in total. The Morgan fingerprint density at radius 2 is 0.770 bits per heavy atom. The van der Waals surface area contributed by atoms with E-state index in [1.807, 2.05) is 0 Å². The number of likely N-dealkylation sites (tertiary alicyclic amines) is 3. The summed E-state index contributed by atoms with van der Waals surface area (Å²) in [6.07, 6.45) is 0.449. The van der Waals surface area contributed by atoms with E-state index in [-0.39, 0.29) is 107 Å². The predicted molar refractivity (Wildman–Crippen MR) is 238 cm³/mol. The minimum absolute atomic E-state index is 0. The van der Waals surface area contributed by atoms with E-state index in [1.165, 1.54) is 46.4 Å². The fourth-order valence-electron chi connectivity index (χ4n) is 7.57. The van der Waals surface area contributed by atoms with Gasteiger partial charge in [-0.05, 0) is 82.3 Å². The van der Waals surface area contributed by atoms with Gasteiger partial charge in [0.25, 0.3) is 0 Å². The minimum Gasteiger partial charge on any atom is -0.444 e. The number of ketones is 8. The minimum atomic E-state index is -0.853. The van der Waals surface area contributed by atoms with Crippen LogP contribution in [0.4, 0.5) is 4.79 Å². The number of Topliss-reactive ketones (excluding diaryl/α,β-unsaturated/α-hetero) is 8. The Labute approximate surface area is 370 Å². The first-order chi connectivity index (χ1) is 27.5. The molecule has 352 valence electrons. The maximum atomic E-state index is 11.9. The van der Waals surface area contributed by atoms with Crippen molar-refractivity contribution >= 4 is 72.8 Å². The van der Waals surface area contributed by atoms with Gasteiger partial charge in [-0.1, -0.05) is 19.6 Å². The van der Waals surface area contributed by atoms with E-state index < -0.39 is 31.6 Å². The van der Waals surface area contributed by atoms with Gasteiger partial charge in [0.2, 0.25) is 0 Å². The fourth-order valence-corrected chi connectivity index (χ4v) is 7.57. The van der Waals surface area contributed by atoms with Crippen LogP contribution < -0.4 is 16.9 Å². The highest BCUT2D eigenvalue weighted by molar-refractivity contribution is 6.76. The second-order valence-corrected chi connectivity index (χ2v) is 24.3. The van der Waals surface area contributed by atoms with Crippen molar-refractivity contribution in [3.05, 3.63) is 0 Å². The lowest BCUT2D eigenvalue weighted by Gasteiger charge is -2.24. The number of amides is 1. The zero-order chi connectivity index (χ0) is 47.0. The third-order valence-corrected chi connectivity index (χ3v) is 12.4. The quantitative estimate of drug-likeness (QED) is 0.172. The number of hydrogen-bond acceptors (Lipinski definition) is 16. The summed E-state index contributed by atoms with van der Waals surface area (Å²) in [6.45, 7) is 29.1. The van der Waals surface area contributed by atoms with Gasteiger partial charge in [-0.2, -0.15) is 0 Å². The van der Waals surface area contributed by atoms with Crippen LogP contribution in [0.15, 0.2) is 0 Å². The van der Waals surface area contributed by atoms with Crippen LogP contribution in [0.2, 0.25) is 19.6 Å². The van der Waals surface area contributed by atoms with Gasteiger partial charge < -0.3 is 25.9 Å². The number of nitrogens with two attached hydrogens (primary N) is 2.